The number of aromatic amines is 1. The summed E-state index contributed by atoms with van der Waals surface area (Å²) in [5.41, 5.74) is -1.26. The maximum atomic E-state index is 11.3. The molecule has 0 amide bonds. The summed E-state index contributed by atoms with van der Waals surface area (Å²) in [5.74, 6) is -1.36. The first-order valence-corrected chi connectivity index (χ1v) is 5.02. The van der Waals surface area contributed by atoms with Gasteiger partial charge in [0.05, 0.1) is 21.0 Å². The number of nitro groups is 1. The normalized spacial score (nSPS) is 10.5. The third-order valence-electron chi connectivity index (χ3n) is 2.33. The number of rotatable bonds is 2. The predicted molar refractivity (Wildman–Crippen MR) is 63.2 cm³/mol. The predicted octanol–water partition coefficient (Wildman–Crippen LogP) is 1.79. The van der Waals surface area contributed by atoms with Crippen LogP contribution in [0.15, 0.2) is 23.0 Å². The molecule has 0 atom stereocenters. The molecule has 0 spiro atoms. The zero-order valence-electron chi connectivity index (χ0n) is 8.64. The Labute approximate surface area is 104 Å². The molecule has 0 saturated carbocycles. The number of hydrogen-bond acceptors (Lipinski definition) is 4. The van der Waals surface area contributed by atoms with Gasteiger partial charge in [-0.05, 0) is 0 Å². The monoisotopic (exact) mass is 268 g/mol. The average molecular weight is 269 g/mol. The van der Waals surface area contributed by atoms with E-state index in [1.165, 1.54) is 0 Å². The quantitative estimate of drug-likeness (QED) is 0.636. The Bertz CT molecular complexity index is 737. The van der Waals surface area contributed by atoms with Crippen molar-refractivity contribution in [1.82, 2.24) is 4.98 Å². The average Bonchev–Trinajstić information content (AvgIpc) is 2.28. The van der Waals surface area contributed by atoms with Crippen LogP contribution in [-0.2, 0) is 0 Å². The molecule has 0 aliphatic rings. The summed E-state index contributed by atoms with van der Waals surface area (Å²) >= 11 is 5.79. The van der Waals surface area contributed by atoms with Gasteiger partial charge in [-0.2, -0.15) is 0 Å². The third-order valence-corrected chi connectivity index (χ3v) is 2.63. The minimum Gasteiger partial charge on any atom is -0.478 e. The second-order valence-corrected chi connectivity index (χ2v) is 3.87. The number of carbonyl (C=O) groups is 1. The zero-order valence-corrected chi connectivity index (χ0v) is 9.39. The molecule has 8 heteroatoms. The minimum absolute atomic E-state index is 0.0151. The molecular formula is C10H5ClN2O5. The first kappa shape index (κ1) is 12.1. The van der Waals surface area contributed by atoms with E-state index in [0.29, 0.717) is 0 Å². The van der Waals surface area contributed by atoms with Gasteiger partial charge >= 0.3 is 5.97 Å². The number of pyridine rings is 1. The molecule has 0 unspecified atom stereocenters. The smallest absolute Gasteiger partial charge is 0.336 e. The van der Waals surface area contributed by atoms with E-state index in [2.05, 4.69) is 4.98 Å². The van der Waals surface area contributed by atoms with Gasteiger partial charge in [0.1, 0.15) is 0 Å². The van der Waals surface area contributed by atoms with Crippen molar-refractivity contribution in [2.24, 2.45) is 0 Å². The number of aromatic nitrogens is 1. The first-order chi connectivity index (χ1) is 8.40. The highest BCUT2D eigenvalue weighted by atomic mass is 35.5. The van der Waals surface area contributed by atoms with E-state index in [1.807, 2.05) is 0 Å². The molecule has 0 saturated heterocycles. The lowest BCUT2D eigenvalue weighted by molar-refractivity contribution is -0.384. The van der Waals surface area contributed by atoms with Gasteiger partial charge in [-0.3, -0.25) is 14.9 Å². The van der Waals surface area contributed by atoms with Crippen LogP contribution >= 0.6 is 11.6 Å². The number of halogens is 1. The van der Waals surface area contributed by atoms with E-state index in [0.717, 1.165) is 18.2 Å². The summed E-state index contributed by atoms with van der Waals surface area (Å²) in [4.78, 5) is 34.6. The van der Waals surface area contributed by atoms with Gasteiger partial charge in [0.25, 0.3) is 5.69 Å². The van der Waals surface area contributed by atoms with Gasteiger partial charge in [0.15, 0.2) is 0 Å². The van der Waals surface area contributed by atoms with Gasteiger partial charge in [-0.25, -0.2) is 4.79 Å². The second kappa shape index (κ2) is 4.11. The fourth-order valence-electron chi connectivity index (χ4n) is 1.58. The topological polar surface area (TPSA) is 113 Å². The van der Waals surface area contributed by atoms with E-state index < -0.39 is 16.5 Å². The molecule has 0 bridgehead atoms. The molecule has 18 heavy (non-hydrogen) atoms. The van der Waals surface area contributed by atoms with Crippen molar-refractivity contribution in [3.05, 3.63) is 49.3 Å². The number of benzene rings is 1. The number of nitrogens with zero attached hydrogens (tertiary/aromatic N) is 1. The van der Waals surface area contributed by atoms with Crippen LogP contribution in [-0.4, -0.2) is 21.0 Å². The van der Waals surface area contributed by atoms with Crippen LogP contribution in [0, 0.1) is 10.1 Å². The number of H-pyrrole nitrogens is 1. The molecule has 2 rings (SSSR count). The Hall–Kier alpha value is -2.41. The van der Waals surface area contributed by atoms with Crippen LogP contribution in [0.25, 0.3) is 10.9 Å². The van der Waals surface area contributed by atoms with Crippen molar-refractivity contribution in [2.75, 3.05) is 0 Å². The van der Waals surface area contributed by atoms with Gasteiger partial charge in [-0.1, -0.05) is 11.6 Å². The second-order valence-electron chi connectivity index (χ2n) is 3.46. The highest BCUT2D eigenvalue weighted by molar-refractivity contribution is 6.35. The molecule has 2 N–H and O–H groups in total. The van der Waals surface area contributed by atoms with Crippen LogP contribution in [0.1, 0.15) is 10.4 Å². The number of carboxylic acid groups (broad SMARTS) is 1. The molecule has 7 nitrogen and oxygen atoms in total. The Morgan fingerprint density at radius 2 is 2.06 bits per heavy atom. The number of aromatic carboxylic acids is 1. The summed E-state index contributed by atoms with van der Waals surface area (Å²) in [5, 5.41) is 19.6. The van der Waals surface area contributed by atoms with Crippen molar-refractivity contribution in [3.8, 4) is 0 Å². The van der Waals surface area contributed by atoms with Crippen molar-refractivity contribution >= 4 is 34.2 Å². The van der Waals surface area contributed by atoms with Crippen LogP contribution < -0.4 is 5.56 Å². The Balaban J connectivity index is 2.97. The maximum absolute atomic E-state index is 11.3. The van der Waals surface area contributed by atoms with E-state index in [-0.39, 0.29) is 27.2 Å². The van der Waals surface area contributed by atoms with E-state index >= 15 is 0 Å². The molecule has 0 fully saturated rings. The molecule has 0 aliphatic carbocycles. The van der Waals surface area contributed by atoms with Gasteiger partial charge in [0.2, 0.25) is 5.56 Å². The van der Waals surface area contributed by atoms with Crippen molar-refractivity contribution in [1.29, 1.82) is 0 Å². The van der Waals surface area contributed by atoms with Crippen molar-refractivity contribution < 1.29 is 14.8 Å². The number of nitrogens with one attached hydrogen (secondary N) is 1. The van der Waals surface area contributed by atoms with Crippen molar-refractivity contribution in [2.45, 2.75) is 0 Å². The number of non-ortho nitro benzene ring substituents is 1. The molecular weight excluding hydrogens is 264 g/mol. The first-order valence-electron chi connectivity index (χ1n) is 4.64. The molecule has 1 heterocycles. The number of nitro benzene ring substituents is 1. The van der Waals surface area contributed by atoms with Crippen LogP contribution in [0.2, 0.25) is 5.02 Å². The lowest BCUT2D eigenvalue weighted by Crippen LogP contribution is -2.10. The van der Waals surface area contributed by atoms with E-state index in [4.69, 9.17) is 16.7 Å². The van der Waals surface area contributed by atoms with Crippen molar-refractivity contribution in [3.63, 3.8) is 0 Å². The zero-order chi connectivity index (χ0) is 13.4. The summed E-state index contributed by atoms with van der Waals surface area (Å²) in [6, 6.07) is 2.96. The highest BCUT2D eigenvalue weighted by Gasteiger charge is 2.17. The SMILES string of the molecule is O=C(O)c1cc(=O)[nH]c2c(Cl)cc([N+](=O)[O-])cc12. The lowest BCUT2D eigenvalue weighted by atomic mass is 10.1. The molecule has 1 aromatic carbocycles. The van der Waals surface area contributed by atoms with Gasteiger partial charge in [-0.15, -0.1) is 0 Å². The Kier molecular flexibility index (Phi) is 2.76. The molecule has 0 aliphatic heterocycles. The highest BCUT2D eigenvalue weighted by Crippen LogP contribution is 2.28. The fraction of sp³-hybridized carbons (Fsp3) is 0. The largest absolute Gasteiger partial charge is 0.478 e. The molecule has 0 radical (unpaired) electrons. The minimum atomic E-state index is -1.36. The molecule has 2 aromatic rings. The Morgan fingerprint density at radius 1 is 1.39 bits per heavy atom. The standard InChI is InChI=1S/C10H5ClN2O5/c11-7-2-4(13(17)18)1-5-6(10(15)16)3-8(14)12-9(5)7/h1-3H,(H,12,14)(H,15,16). The van der Waals surface area contributed by atoms with Crippen LogP contribution in [0.3, 0.4) is 0 Å². The summed E-state index contributed by atoms with van der Waals surface area (Å²) < 4.78 is 0. The summed E-state index contributed by atoms with van der Waals surface area (Å²) in [7, 11) is 0. The fourth-order valence-corrected chi connectivity index (χ4v) is 1.84. The van der Waals surface area contributed by atoms with E-state index in [9.17, 15) is 19.7 Å². The number of hydrogen-bond donors (Lipinski definition) is 2. The third kappa shape index (κ3) is 1.91. The Morgan fingerprint density at radius 3 is 2.61 bits per heavy atom. The molecule has 92 valence electrons. The summed E-state index contributed by atoms with van der Waals surface area (Å²) in [6.45, 7) is 0. The van der Waals surface area contributed by atoms with Gasteiger partial charge in [0, 0.05) is 23.6 Å². The maximum Gasteiger partial charge on any atom is 0.336 e. The van der Waals surface area contributed by atoms with E-state index in [1.54, 1.807) is 0 Å². The van der Waals surface area contributed by atoms with Gasteiger partial charge < -0.3 is 10.1 Å². The lowest BCUT2D eigenvalue weighted by Gasteiger charge is -2.04. The molecule has 1 aromatic heterocycles. The number of fused-ring (bicyclic) bond motifs is 1. The van der Waals surface area contributed by atoms with Crippen LogP contribution in [0.5, 0.6) is 0 Å². The van der Waals surface area contributed by atoms with Crippen LogP contribution in [0.4, 0.5) is 5.69 Å². The number of carboxylic acids is 1. The summed E-state index contributed by atoms with van der Waals surface area (Å²) in [6.07, 6.45) is 0.